The van der Waals surface area contributed by atoms with Crippen LogP contribution in [0.15, 0.2) is 0 Å². The Morgan fingerprint density at radius 1 is 1.42 bits per heavy atom. The van der Waals surface area contributed by atoms with E-state index in [1.807, 2.05) is 7.05 Å². The average molecular weight is 272 g/mol. The Bertz CT molecular complexity index is 269. The second-order valence-corrected chi connectivity index (χ2v) is 6.04. The fraction of sp³-hybridized carbons (Fsp3) is 1.00. The average Bonchev–Trinajstić information content (AvgIpc) is 2.77. The van der Waals surface area contributed by atoms with Crippen molar-refractivity contribution in [2.45, 2.75) is 49.9 Å². The highest BCUT2D eigenvalue weighted by molar-refractivity contribution is 4.87. The van der Waals surface area contributed by atoms with Crippen LogP contribution >= 0.6 is 0 Å². The Balaban J connectivity index is 1.78. The molecule has 19 heavy (non-hydrogen) atoms. The molecule has 2 aliphatic rings. The largest absolute Gasteiger partial charge is 0.392 e. The number of hydrogen-bond donors (Lipinski definition) is 3. The second-order valence-electron chi connectivity index (χ2n) is 6.04. The summed E-state index contributed by atoms with van der Waals surface area (Å²) in [6, 6.07) is 0.531. The molecule has 5 nitrogen and oxygen atoms in total. The van der Waals surface area contributed by atoms with Crippen LogP contribution in [-0.2, 0) is 4.74 Å². The smallest absolute Gasteiger partial charge is 0.0716 e. The van der Waals surface area contributed by atoms with Crippen LogP contribution in [0.25, 0.3) is 0 Å². The van der Waals surface area contributed by atoms with Crippen molar-refractivity contribution in [1.29, 1.82) is 0 Å². The Labute approximate surface area is 115 Å². The number of ether oxygens (including phenoxy) is 1. The molecule has 0 aliphatic carbocycles. The number of hydrogen-bond acceptors (Lipinski definition) is 5. The SMILES string of the molecule is CNCC1CCCN1CC(O)CC1(O)CCOCC1. The van der Waals surface area contributed by atoms with Gasteiger partial charge in [0.1, 0.15) is 0 Å². The van der Waals surface area contributed by atoms with Crippen molar-refractivity contribution in [1.82, 2.24) is 10.2 Å². The van der Waals surface area contributed by atoms with E-state index >= 15 is 0 Å². The minimum Gasteiger partial charge on any atom is -0.392 e. The van der Waals surface area contributed by atoms with E-state index in [0.29, 0.717) is 45.1 Å². The molecule has 0 saturated carbocycles. The third-order valence-electron chi connectivity index (χ3n) is 4.42. The molecule has 2 unspecified atom stereocenters. The van der Waals surface area contributed by atoms with Crippen molar-refractivity contribution >= 4 is 0 Å². The molecule has 2 saturated heterocycles. The Morgan fingerprint density at radius 2 is 2.16 bits per heavy atom. The van der Waals surface area contributed by atoms with Crippen LogP contribution in [0, 0.1) is 0 Å². The summed E-state index contributed by atoms with van der Waals surface area (Å²) in [7, 11) is 1.97. The first kappa shape index (κ1) is 15.2. The van der Waals surface area contributed by atoms with Gasteiger partial charge in [-0.05, 0) is 39.3 Å². The summed E-state index contributed by atoms with van der Waals surface area (Å²) in [5.41, 5.74) is -0.726. The molecule has 2 fully saturated rings. The summed E-state index contributed by atoms with van der Waals surface area (Å²) in [6.45, 7) is 3.93. The summed E-state index contributed by atoms with van der Waals surface area (Å²) < 4.78 is 5.27. The van der Waals surface area contributed by atoms with Crippen LogP contribution in [0.5, 0.6) is 0 Å². The van der Waals surface area contributed by atoms with Gasteiger partial charge in [-0.2, -0.15) is 0 Å². The Hall–Kier alpha value is -0.200. The van der Waals surface area contributed by atoms with Crippen molar-refractivity contribution in [3.05, 3.63) is 0 Å². The molecule has 0 spiro atoms. The molecule has 2 rings (SSSR count). The van der Waals surface area contributed by atoms with Crippen LogP contribution in [0.2, 0.25) is 0 Å². The van der Waals surface area contributed by atoms with Gasteiger partial charge in [-0.15, -0.1) is 0 Å². The van der Waals surface area contributed by atoms with Crippen LogP contribution in [0.4, 0.5) is 0 Å². The fourth-order valence-electron chi connectivity index (χ4n) is 3.33. The zero-order valence-corrected chi connectivity index (χ0v) is 12.0. The molecule has 3 N–H and O–H groups in total. The van der Waals surface area contributed by atoms with Gasteiger partial charge in [0.15, 0.2) is 0 Å². The minimum atomic E-state index is -0.726. The van der Waals surface area contributed by atoms with E-state index in [9.17, 15) is 10.2 Å². The van der Waals surface area contributed by atoms with Gasteiger partial charge in [0, 0.05) is 38.8 Å². The summed E-state index contributed by atoms with van der Waals surface area (Å²) in [6.07, 6.45) is 3.72. The second kappa shape index (κ2) is 6.99. The lowest BCUT2D eigenvalue weighted by molar-refractivity contribution is -0.0896. The van der Waals surface area contributed by atoms with Crippen LogP contribution < -0.4 is 5.32 Å². The lowest BCUT2D eigenvalue weighted by Crippen LogP contribution is -2.45. The van der Waals surface area contributed by atoms with E-state index in [4.69, 9.17) is 4.74 Å². The monoisotopic (exact) mass is 272 g/mol. The van der Waals surface area contributed by atoms with E-state index < -0.39 is 11.7 Å². The van der Waals surface area contributed by atoms with Gasteiger partial charge >= 0.3 is 0 Å². The van der Waals surface area contributed by atoms with Crippen LogP contribution in [0.1, 0.15) is 32.1 Å². The maximum Gasteiger partial charge on any atom is 0.0716 e. The number of nitrogens with zero attached hydrogens (tertiary/aromatic N) is 1. The summed E-state index contributed by atoms with van der Waals surface area (Å²) in [5, 5.41) is 23.9. The third-order valence-corrected chi connectivity index (χ3v) is 4.42. The van der Waals surface area contributed by atoms with Gasteiger partial charge in [0.2, 0.25) is 0 Å². The minimum absolute atomic E-state index is 0.444. The first-order valence-corrected chi connectivity index (χ1v) is 7.50. The van der Waals surface area contributed by atoms with Crippen LogP contribution in [0.3, 0.4) is 0 Å². The van der Waals surface area contributed by atoms with E-state index in [1.54, 1.807) is 0 Å². The number of aliphatic hydroxyl groups is 2. The van der Waals surface area contributed by atoms with Crippen molar-refractivity contribution < 1.29 is 14.9 Å². The molecule has 0 amide bonds. The zero-order chi connectivity index (χ0) is 13.7. The number of likely N-dealkylation sites (tertiary alicyclic amines) is 1. The first-order valence-electron chi connectivity index (χ1n) is 7.50. The molecular formula is C14H28N2O3. The Morgan fingerprint density at radius 3 is 2.84 bits per heavy atom. The van der Waals surface area contributed by atoms with Crippen LogP contribution in [-0.4, -0.2) is 72.8 Å². The van der Waals surface area contributed by atoms with E-state index in [1.165, 1.54) is 12.8 Å². The third kappa shape index (κ3) is 4.39. The van der Waals surface area contributed by atoms with Gasteiger partial charge in [0.05, 0.1) is 11.7 Å². The molecule has 112 valence electrons. The zero-order valence-electron chi connectivity index (χ0n) is 12.0. The summed E-state index contributed by atoms with van der Waals surface area (Å²) in [4.78, 5) is 2.35. The normalized spacial score (nSPS) is 29.5. The standard InChI is InChI=1S/C14H28N2O3/c1-15-10-12-3-2-6-16(12)11-13(17)9-14(18)4-7-19-8-5-14/h12-13,15,17-18H,2-11H2,1H3. The molecule has 0 bridgehead atoms. The van der Waals surface area contributed by atoms with Gasteiger partial charge in [-0.3, -0.25) is 4.90 Å². The van der Waals surface area contributed by atoms with Gasteiger partial charge in [-0.25, -0.2) is 0 Å². The predicted molar refractivity (Wildman–Crippen MR) is 74.1 cm³/mol. The highest BCUT2D eigenvalue weighted by Gasteiger charge is 2.34. The first-order chi connectivity index (χ1) is 9.13. The maximum absolute atomic E-state index is 10.4. The molecular weight excluding hydrogens is 244 g/mol. The molecule has 0 aromatic carbocycles. The molecule has 0 aromatic heterocycles. The topological polar surface area (TPSA) is 65.0 Å². The molecule has 0 radical (unpaired) electrons. The van der Waals surface area contributed by atoms with Gasteiger partial charge < -0.3 is 20.3 Å². The molecule has 2 atom stereocenters. The predicted octanol–water partition coefficient (Wildman–Crippen LogP) is -0.0373. The highest BCUT2D eigenvalue weighted by atomic mass is 16.5. The van der Waals surface area contributed by atoms with Gasteiger partial charge in [0.25, 0.3) is 0 Å². The maximum atomic E-state index is 10.4. The van der Waals surface area contributed by atoms with Crippen molar-refractivity contribution in [2.75, 3.05) is 39.9 Å². The van der Waals surface area contributed by atoms with Crippen molar-refractivity contribution in [3.8, 4) is 0 Å². The van der Waals surface area contributed by atoms with Crippen molar-refractivity contribution in [2.24, 2.45) is 0 Å². The molecule has 5 heteroatoms. The van der Waals surface area contributed by atoms with Gasteiger partial charge in [-0.1, -0.05) is 0 Å². The number of β-amino-alcohol motifs (C(OH)–C–C–N with tert-alkyl or cyclic N) is 1. The molecule has 2 heterocycles. The number of aliphatic hydroxyl groups excluding tert-OH is 1. The molecule has 0 aromatic rings. The fourth-order valence-corrected chi connectivity index (χ4v) is 3.33. The number of nitrogens with one attached hydrogen (secondary N) is 1. The quantitative estimate of drug-likeness (QED) is 0.633. The van der Waals surface area contributed by atoms with E-state index in [2.05, 4.69) is 10.2 Å². The lowest BCUT2D eigenvalue weighted by Gasteiger charge is -2.35. The lowest BCUT2D eigenvalue weighted by atomic mass is 9.88. The number of rotatable bonds is 6. The summed E-state index contributed by atoms with van der Waals surface area (Å²) >= 11 is 0. The van der Waals surface area contributed by atoms with E-state index in [-0.39, 0.29) is 0 Å². The Kier molecular flexibility index (Phi) is 5.59. The van der Waals surface area contributed by atoms with E-state index in [0.717, 1.165) is 13.1 Å². The summed E-state index contributed by atoms with van der Waals surface area (Å²) in [5.74, 6) is 0. The van der Waals surface area contributed by atoms with Crippen molar-refractivity contribution in [3.63, 3.8) is 0 Å². The highest BCUT2D eigenvalue weighted by Crippen LogP contribution is 2.27. The molecule has 2 aliphatic heterocycles. The number of likely N-dealkylation sites (N-methyl/N-ethyl adjacent to an activating group) is 1.